The molecule has 4 aromatic rings. The van der Waals surface area contributed by atoms with Crippen LogP contribution in [0.4, 0.5) is 11.6 Å². The summed E-state index contributed by atoms with van der Waals surface area (Å²) < 4.78 is 27.5. The van der Waals surface area contributed by atoms with Gasteiger partial charge in [-0.15, -0.1) is 5.10 Å². The number of hydrogen-bond acceptors (Lipinski definition) is 9. The first-order valence-electron chi connectivity index (χ1n) is 15.2. The number of nitrogens with one attached hydrogen (secondary N) is 2. The zero-order chi connectivity index (χ0) is 28.4. The van der Waals surface area contributed by atoms with Crippen LogP contribution in [0.25, 0.3) is 22.3 Å². The molecule has 0 bridgehead atoms. The Bertz CT molecular complexity index is 1480. The van der Waals surface area contributed by atoms with Crippen molar-refractivity contribution >= 4 is 22.5 Å². The second-order valence-corrected chi connectivity index (χ2v) is 11.5. The molecule has 5 heterocycles. The number of anilines is 2. The van der Waals surface area contributed by atoms with Gasteiger partial charge < -0.3 is 29.6 Å². The molecule has 3 aliphatic heterocycles. The van der Waals surface area contributed by atoms with E-state index in [2.05, 4.69) is 40.9 Å². The van der Waals surface area contributed by atoms with Crippen LogP contribution < -0.4 is 15.4 Å². The summed E-state index contributed by atoms with van der Waals surface area (Å²) in [5, 5.41) is 17.6. The van der Waals surface area contributed by atoms with Crippen LogP contribution in [-0.2, 0) is 14.2 Å². The van der Waals surface area contributed by atoms with Crippen molar-refractivity contribution < 1.29 is 18.9 Å². The summed E-state index contributed by atoms with van der Waals surface area (Å²) in [6.07, 6.45) is 8.07. The van der Waals surface area contributed by atoms with Gasteiger partial charge in [0.15, 0.2) is 18.3 Å². The molecule has 11 heteroatoms. The van der Waals surface area contributed by atoms with Crippen molar-refractivity contribution in [1.82, 2.24) is 29.9 Å². The lowest BCUT2D eigenvalue weighted by Crippen LogP contribution is -2.63. The number of rotatable bonds is 10. The topological polar surface area (TPSA) is 110 Å². The van der Waals surface area contributed by atoms with Crippen molar-refractivity contribution in [2.45, 2.75) is 63.4 Å². The molecule has 3 fully saturated rings. The Morgan fingerprint density at radius 2 is 1.71 bits per heavy atom. The van der Waals surface area contributed by atoms with Gasteiger partial charge in [-0.05, 0) is 87.5 Å². The standard InChI is InChI=1S/C31H39N7O4/c1-2-32-31(19-39-20-31)21-42-25-12-9-22(10-13-25)29-35-30(38(36-29)28-8-4-6-16-41-28)34-24-11-14-26-23(17-24)18-33-37(26)27-7-3-5-15-40-27/h9-14,17-18,27-28,32H,2-8,15-16,19-21H2,1H3,(H,34,35,36). The maximum Gasteiger partial charge on any atom is 0.228 e. The van der Waals surface area contributed by atoms with Crippen LogP contribution in [-0.4, -0.2) is 69.7 Å². The molecule has 0 radical (unpaired) electrons. The van der Waals surface area contributed by atoms with Crippen LogP contribution >= 0.6 is 0 Å². The van der Waals surface area contributed by atoms with Gasteiger partial charge in [0, 0.05) is 29.9 Å². The first kappa shape index (κ1) is 27.3. The van der Waals surface area contributed by atoms with Crippen molar-refractivity contribution in [3.63, 3.8) is 0 Å². The average molecular weight is 574 g/mol. The van der Waals surface area contributed by atoms with Crippen LogP contribution in [0, 0.1) is 0 Å². The van der Waals surface area contributed by atoms with Crippen LogP contribution in [0.3, 0.4) is 0 Å². The molecule has 7 rings (SSSR count). The van der Waals surface area contributed by atoms with Gasteiger partial charge in [-0.25, -0.2) is 9.36 Å². The van der Waals surface area contributed by atoms with Crippen LogP contribution in [0.5, 0.6) is 5.75 Å². The third-order valence-corrected chi connectivity index (χ3v) is 8.28. The number of aromatic nitrogens is 5. The molecule has 0 aliphatic carbocycles. The summed E-state index contributed by atoms with van der Waals surface area (Å²) in [6, 6.07) is 14.2. The largest absolute Gasteiger partial charge is 0.491 e. The summed E-state index contributed by atoms with van der Waals surface area (Å²) in [6.45, 7) is 6.40. The Morgan fingerprint density at radius 3 is 2.38 bits per heavy atom. The van der Waals surface area contributed by atoms with E-state index < -0.39 is 0 Å². The van der Waals surface area contributed by atoms with Gasteiger partial charge >= 0.3 is 0 Å². The van der Waals surface area contributed by atoms with E-state index in [0.29, 0.717) is 31.6 Å². The molecule has 222 valence electrons. The monoisotopic (exact) mass is 573 g/mol. The van der Waals surface area contributed by atoms with E-state index in [1.165, 1.54) is 0 Å². The molecule has 3 saturated heterocycles. The Balaban J connectivity index is 1.11. The van der Waals surface area contributed by atoms with Gasteiger partial charge in [0.1, 0.15) is 12.4 Å². The predicted molar refractivity (Wildman–Crippen MR) is 159 cm³/mol. The number of ether oxygens (including phenoxy) is 4. The Morgan fingerprint density at radius 1 is 0.952 bits per heavy atom. The smallest absolute Gasteiger partial charge is 0.228 e. The summed E-state index contributed by atoms with van der Waals surface area (Å²) in [5.41, 5.74) is 2.80. The van der Waals surface area contributed by atoms with Crippen molar-refractivity contribution in [2.75, 3.05) is 44.9 Å². The maximum atomic E-state index is 6.11. The highest BCUT2D eigenvalue weighted by atomic mass is 16.5. The van der Waals surface area contributed by atoms with E-state index in [1.54, 1.807) is 0 Å². The highest BCUT2D eigenvalue weighted by molar-refractivity contribution is 5.83. The van der Waals surface area contributed by atoms with Crippen molar-refractivity contribution in [3.05, 3.63) is 48.7 Å². The highest BCUT2D eigenvalue weighted by Crippen LogP contribution is 2.32. The molecular formula is C31H39N7O4. The normalized spacial score (nSPS) is 22.1. The van der Waals surface area contributed by atoms with Gasteiger partial charge in [0.25, 0.3) is 0 Å². The Labute approximate surface area is 245 Å². The minimum Gasteiger partial charge on any atom is -0.491 e. The van der Waals surface area contributed by atoms with E-state index in [-0.39, 0.29) is 18.0 Å². The third kappa shape index (κ3) is 5.61. The number of fused-ring (bicyclic) bond motifs is 1. The van der Waals surface area contributed by atoms with Gasteiger partial charge in [-0.3, -0.25) is 0 Å². The first-order chi connectivity index (χ1) is 20.7. The zero-order valence-electron chi connectivity index (χ0n) is 24.1. The molecule has 2 N–H and O–H groups in total. The van der Waals surface area contributed by atoms with Gasteiger partial charge in [0.2, 0.25) is 5.95 Å². The summed E-state index contributed by atoms with van der Waals surface area (Å²) >= 11 is 0. The van der Waals surface area contributed by atoms with Crippen molar-refractivity contribution in [1.29, 1.82) is 0 Å². The minimum atomic E-state index is -0.160. The molecule has 11 nitrogen and oxygen atoms in total. The Kier molecular flexibility index (Phi) is 7.81. The van der Waals surface area contributed by atoms with Crippen LogP contribution in [0.15, 0.2) is 48.7 Å². The summed E-state index contributed by atoms with van der Waals surface area (Å²) in [4.78, 5) is 4.92. The van der Waals surface area contributed by atoms with Crippen molar-refractivity contribution in [3.8, 4) is 17.1 Å². The van der Waals surface area contributed by atoms with E-state index in [1.807, 2.05) is 39.8 Å². The lowest BCUT2D eigenvalue weighted by atomic mass is 9.99. The SMILES string of the molecule is CCNC1(COc2ccc(-c3nc(Nc4ccc5c(cnn5C5CCCCO5)c4)n(C4CCCCO4)n3)cc2)COC1. The quantitative estimate of drug-likeness (QED) is 0.265. The number of likely N-dealkylation sites (N-methyl/N-ethyl adjacent to an activating group) is 1. The fraction of sp³-hybridized carbons (Fsp3) is 0.516. The highest BCUT2D eigenvalue weighted by Gasteiger charge is 2.38. The third-order valence-electron chi connectivity index (χ3n) is 8.28. The summed E-state index contributed by atoms with van der Waals surface area (Å²) in [5.74, 6) is 2.10. The van der Waals surface area contributed by atoms with Gasteiger partial charge in [0.05, 0.1) is 30.5 Å². The van der Waals surface area contributed by atoms with E-state index in [9.17, 15) is 0 Å². The van der Waals surface area contributed by atoms with Crippen LogP contribution in [0.2, 0.25) is 0 Å². The lowest BCUT2D eigenvalue weighted by Gasteiger charge is -2.41. The fourth-order valence-electron chi connectivity index (χ4n) is 5.94. The molecule has 0 amide bonds. The molecule has 42 heavy (non-hydrogen) atoms. The van der Waals surface area contributed by atoms with Crippen LogP contribution in [0.1, 0.15) is 57.9 Å². The van der Waals surface area contributed by atoms with Gasteiger partial charge in [-0.2, -0.15) is 10.1 Å². The number of nitrogens with zero attached hydrogens (tertiary/aromatic N) is 5. The fourth-order valence-corrected chi connectivity index (χ4v) is 5.94. The van der Waals surface area contributed by atoms with E-state index in [0.717, 1.165) is 86.2 Å². The number of benzene rings is 2. The summed E-state index contributed by atoms with van der Waals surface area (Å²) in [7, 11) is 0. The van der Waals surface area contributed by atoms with Crippen molar-refractivity contribution in [2.24, 2.45) is 0 Å². The molecule has 2 atom stereocenters. The molecule has 0 spiro atoms. The second kappa shape index (κ2) is 12.0. The average Bonchev–Trinajstić information content (AvgIpc) is 3.64. The molecule has 2 aromatic heterocycles. The molecular weight excluding hydrogens is 534 g/mol. The molecule has 2 aromatic carbocycles. The van der Waals surface area contributed by atoms with E-state index in [4.69, 9.17) is 29.0 Å². The number of hydrogen-bond donors (Lipinski definition) is 2. The Hall–Kier alpha value is -3.51. The molecule has 0 saturated carbocycles. The second-order valence-electron chi connectivity index (χ2n) is 11.5. The molecule has 3 aliphatic rings. The maximum absolute atomic E-state index is 6.11. The molecule has 2 unspecified atom stereocenters. The first-order valence-corrected chi connectivity index (χ1v) is 15.2. The van der Waals surface area contributed by atoms with E-state index >= 15 is 0 Å². The minimum absolute atomic E-state index is 0.00213. The zero-order valence-corrected chi connectivity index (χ0v) is 24.1. The lowest BCUT2D eigenvalue weighted by molar-refractivity contribution is -0.0918. The van der Waals surface area contributed by atoms with Gasteiger partial charge in [-0.1, -0.05) is 6.92 Å². The predicted octanol–water partition coefficient (Wildman–Crippen LogP) is 5.19.